The van der Waals surface area contributed by atoms with Crippen molar-refractivity contribution in [1.29, 1.82) is 0 Å². The number of hydrogen-bond donors (Lipinski definition) is 0. The van der Waals surface area contributed by atoms with Gasteiger partial charge in [0.25, 0.3) is 0 Å². The highest BCUT2D eigenvalue weighted by Crippen LogP contribution is 2.14. The Hall–Kier alpha value is -1.39. The second-order valence-corrected chi connectivity index (χ2v) is 4.19. The third kappa shape index (κ3) is 2.33. The lowest BCUT2D eigenvalue weighted by Gasteiger charge is -2.23. The summed E-state index contributed by atoms with van der Waals surface area (Å²) < 4.78 is 11.0. The van der Waals surface area contributed by atoms with Crippen LogP contribution in [-0.4, -0.2) is 49.9 Å². The van der Waals surface area contributed by atoms with Crippen LogP contribution in [0.1, 0.15) is 5.56 Å². The SMILES string of the molecule is c1ccc(C2=NCCN2CC2OCCO2)cc1. The third-order valence-corrected chi connectivity index (χ3v) is 3.02. The molecule has 2 aliphatic rings. The van der Waals surface area contributed by atoms with E-state index in [1.807, 2.05) is 18.2 Å². The van der Waals surface area contributed by atoms with Gasteiger partial charge in [-0.25, -0.2) is 0 Å². The first kappa shape index (κ1) is 10.7. The molecule has 0 radical (unpaired) electrons. The van der Waals surface area contributed by atoms with Crippen molar-refractivity contribution in [1.82, 2.24) is 4.90 Å². The van der Waals surface area contributed by atoms with E-state index in [2.05, 4.69) is 22.0 Å². The van der Waals surface area contributed by atoms with E-state index in [9.17, 15) is 0 Å². The van der Waals surface area contributed by atoms with Crippen LogP contribution in [0.2, 0.25) is 0 Å². The van der Waals surface area contributed by atoms with E-state index in [0.29, 0.717) is 13.2 Å². The number of amidine groups is 1. The summed E-state index contributed by atoms with van der Waals surface area (Å²) in [4.78, 5) is 6.80. The molecule has 0 amide bonds. The maximum absolute atomic E-state index is 5.48. The second kappa shape index (κ2) is 4.85. The topological polar surface area (TPSA) is 34.1 Å². The van der Waals surface area contributed by atoms with Crippen molar-refractivity contribution in [2.24, 2.45) is 4.99 Å². The van der Waals surface area contributed by atoms with Crippen molar-refractivity contribution >= 4 is 5.84 Å². The minimum Gasteiger partial charge on any atom is -0.349 e. The molecule has 0 saturated carbocycles. The Bertz CT molecular complexity index is 399. The fraction of sp³-hybridized carbons (Fsp3) is 0.462. The highest BCUT2D eigenvalue weighted by atomic mass is 16.7. The normalized spacial score (nSPS) is 20.9. The van der Waals surface area contributed by atoms with Gasteiger partial charge < -0.3 is 14.4 Å². The molecule has 90 valence electrons. The Kier molecular flexibility index (Phi) is 3.07. The van der Waals surface area contributed by atoms with Gasteiger partial charge in [0.15, 0.2) is 6.29 Å². The van der Waals surface area contributed by atoms with Crippen LogP contribution in [0.4, 0.5) is 0 Å². The van der Waals surface area contributed by atoms with Crippen molar-refractivity contribution in [2.75, 3.05) is 32.8 Å². The van der Waals surface area contributed by atoms with Crippen molar-refractivity contribution in [2.45, 2.75) is 6.29 Å². The molecule has 1 aromatic carbocycles. The van der Waals surface area contributed by atoms with E-state index >= 15 is 0 Å². The molecule has 0 N–H and O–H groups in total. The van der Waals surface area contributed by atoms with E-state index in [4.69, 9.17) is 9.47 Å². The standard InChI is InChI=1S/C13H16N2O2/c1-2-4-11(5-3-1)13-14-6-7-15(13)10-12-16-8-9-17-12/h1-5,12H,6-10H2. The Morgan fingerprint density at radius 2 is 1.94 bits per heavy atom. The number of rotatable bonds is 3. The molecule has 0 aliphatic carbocycles. The average molecular weight is 232 g/mol. The van der Waals surface area contributed by atoms with E-state index in [1.165, 1.54) is 5.56 Å². The minimum atomic E-state index is -0.0954. The first-order valence-electron chi connectivity index (χ1n) is 6.01. The Balaban J connectivity index is 1.71. The molecule has 4 heteroatoms. The van der Waals surface area contributed by atoms with Gasteiger partial charge in [0.1, 0.15) is 5.84 Å². The molecular formula is C13H16N2O2. The molecule has 1 saturated heterocycles. The largest absolute Gasteiger partial charge is 0.349 e. The zero-order valence-corrected chi connectivity index (χ0v) is 9.71. The number of nitrogens with zero attached hydrogens (tertiary/aromatic N) is 2. The lowest BCUT2D eigenvalue weighted by molar-refractivity contribution is -0.0511. The van der Waals surface area contributed by atoms with E-state index in [-0.39, 0.29) is 6.29 Å². The molecule has 0 bridgehead atoms. The molecule has 0 spiro atoms. The van der Waals surface area contributed by atoms with E-state index in [0.717, 1.165) is 25.5 Å². The first-order chi connectivity index (χ1) is 8.43. The summed E-state index contributed by atoms with van der Waals surface area (Å²) in [5.74, 6) is 1.06. The van der Waals surface area contributed by atoms with Gasteiger partial charge >= 0.3 is 0 Å². The van der Waals surface area contributed by atoms with Crippen LogP contribution in [0.5, 0.6) is 0 Å². The van der Waals surface area contributed by atoms with Gasteiger partial charge in [-0.15, -0.1) is 0 Å². The Labute approximate surface area is 101 Å². The van der Waals surface area contributed by atoms with Gasteiger partial charge in [-0.05, 0) is 0 Å². The average Bonchev–Trinajstić information content (AvgIpc) is 3.02. The summed E-state index contributed by atoms with van der Waals surface area (Å²) in [5.41, 5.74) is 1.17. The molecule has 2 heterocycles. The predicted octanol–water partition coefficient (Wildman–Crippen LogP) is 1.12. The molecule has 4 nitrogen and oxygen atoms in total. The number of ether oxygens (including phenoxy) is 2. The smallest absolute Gasteiger partial charge is 0.175 e. The number of hydrogen-bond acceptors (Lipinski definition) is 4. The van der Waals surface area contributed by atoms with Gasteiger partial charge in [0.05, 0.1) is 26.3 Å². The van der Waals surface area contributed by atoms with Crippen LogP contribution in [0.25, 0.3) is 0 Å². The van der Waals surface area contributed by atoms with E-state index in [1.54, 1.807) is 0 Å². The summed E-state index contributed by atoms with van der Waals surface area (Å²) in [7, 11) is 0. The van der Waals surface area contributed by atoms with Crippen molar-refractivity contribution < 1.29 is 9.47 Å². The molecule has 3 rings (SSSR count). The highest BCUT2D eigenvalue weighted by Gasteiger charge is 2.24. The summed E-state index contributed by atoms with van der Waals surface area (Å²) in [6, 6.07) is 10.3. The lowest BCUT2D eigenvalue weighted by Crippen LogP contribution is -2.36. The molecule has 0 unspecified atom stereocenters. The maximum Gasteiger partial charge on any atom is 0.175 e. The molecule has 0 atom stereocenters. The van der Waals surface area contributed by atoms with Crippen molar-refractivity contribution in [3.8, 4) is 0 Å². The minimum absolute atomic E-state index is 0.0954. The fourth-order valence-corrected chi connectivity index (χ4v) is 2.21. The summed E-state index contributed by atoms with van der Waals surface area (Å²) in [5, 5.41) is 0. The van der Waals surface area contributed by atoms with Gasteiger partial charge in [-0.3, -0.25) is 4.99 Å². The molecule has 1 aromatic rings. The second-order valence-electron chi connectivity index (χ2n) is 4.19. The van der Waals surface area contributed by atoms with Gasteiger partial charge in [0, 0.05) is 12.1 Å². The number of benzene rings is 1. The monoisotopic (exact) mass is 232 g/mol. The fourth-order valence-electron chi connectivity index (χ4n) is 2.21. The van der Waals surface area contributed by atoms with Crippen LogP contribution >= 0.6 is 0 Å². The van der Waals surface area contributed by atoms with Crippen LogP contribution in [0.3, 0.4) is 0 Å². The molecule has 2 aliphatic heterocycles. The van der Waals surface area contributed by atoms with Crippen LogP contribution < -0.4 is 0 Å². The third-order valence-electron chi connectivity index (χ3n) is 3.02. The Morgan fingerprint density at radius 3 is 2.71 bits per heavy atom. The van der Waals surface area contributed by atoms with Gasteiger partial charge in [-0.2, -0.15) is 0 Å². The quantitative estimate of drug-likeness (QED) is 0.783. The summed E-state index contributed by atoms with van der Waals surface area (Å²) in [6.45, 7) is 3.99. The first-order valence-corrected chi connectivity index (χ1v) is 6.01. The molecule has 17 heavy (non-hydrogen) atoms. The van der Waals surface area contributed by atoms with E-state index < -0.39 is 0 Å². The molecule has 0 aromatic heterocycles. The highest BCUT2D eigenvalue weighted by molar-refractivity contribution is 5.99. The zero-order valence-electron chi connectivity index (χ0n) is 9.71. The van der Waals surface area contributed by atoms with Gasteiger partial charge in [-0.1, -0.05) is 30.3 Å². The summed E-state index contributed by atoms with van der Waals surface area (Å²) >= 11 is 0. The maximum atomic E-state index is 5.48. The van der Waals surface area contributed by atoms with Crippen molar-refractivity contribution in [3.63, 3.8) is 0 Å². The number of aliphatic imine (C=N–C) groups is 1. The van der Waals surface area contributed by atoms with Crippen LogP contribution in [0.15, 0.2) is 35.3 Å². The zero-order chi connectivity index (χ0) is 11.5. The summed E-state index contributed by atoms with van der Waals surface area (Å²) in [6.07, 6.45) is -0.0954. The van der Waals surface area contributed by atoms with Gasteiger partial charge in [0.2, 0.25) is 0 Å². The Morgan fingerprint density at radius 1 is 1.18 bits per heavy atom. The van der Waals surface area contributed by atoms with Crippen molar-refractivity contribution in [3.05, 3.63) is 35.9 Å². The molecular weight excluding hydrogens is 216 g/mol. The molecule has 1 fully saturated rings. The van der Waals surface area contributed by atoms with Crippen LogP contribution in [0, 0.1) is 0 Å². The van der Waals surface area contributed by atoms with Crippen LogP contribution in [-0.2, 0) is 9.47 Å². The predicted molar refractivity (Wildman–Crippen MR) is 65.1 cm³/mol. The lowest BCUT2D eigenvalue weighted by atomic mass is 10.2.